The van der Waals surface area contributed by atoms with Crippen molar-refractivity contribution in [3.8, 4) is 0 Å². The van der Waals surface area contributed by atoms with Gasteiger partial charge in [0.25, 0.3) is 0 Å². The number of carbonyl (C=O) groups is 1. The van der Waals surface area contributed by atoms with Crippen molar-refractivity contribution in [2.75, 3.05) is 19.6 Å². The molecule has 0 aliphatic carbocycles. The molecule has 0 unspecified atom stereocenters. The number of nitrogens with one attached hydrogen (secondary N) is 1. The van der Waals surface area contributed by atoms with Crippen molar-refractivity contribution in [3.63, 3.8) is 0 Å². The van der Waals surface area contributed by atoms with Gasteiger partial charge in [0.05, 0.1) is 0 Å². The number of rotatable bonds is 4. The Morgan fingerprint density at radius 1 is 1.35 bits per heavy atom. The summed E-state index contributed by atoms with van der Waals surface area (Å²) in [6.07, 6.45) is 5.33. The fraction of sp³-hybridized carbons (Fsp3) is 0.438. The molecule has 4 heteroatoms. The highest BCUT2D eigenvalue weighted by molar-refractivity contribution is 5.92. The number of carbonyl (C=O) groups excluding carboxylic acids is 1. The van der Waals surface area contributed by atoms with Crippen LogP contribution >= 0.6 is 0 Å². The summed E-state index contributed by atoms with van der Waals surface area (Å²) in [6, 6.07) is 6.45. The van der Waals surface area contributed by atoms with E-state index >= 15 is 0 Å². The third-order valence-corrected chi connectivity index (χ3v) is 3.66. The van der Waals surface area contributed by atoms with Gasteiger partial charge in [-0.1, -0.05) is 12.1 Å². The lowest BCUT2D eigenvalue weighted by atomic mass is 10.0. The van der Waals surface area contributed by atoms with Gasteiger partial charge < -0.3 is 10.2 Å². The van der Waals surface area contributed by atoms with Gasteiger partial charge >= 0.3 is 0 Å². The van der Waals surface area contributed by atoms with Crippen LogP contribution in [0.5, 0.6) is 0 Å². The average Bonchev–Trinajstić information content (AvgIpc) is 2.48. The van der Waals surface area contributed by atoms with Gasteiger partial charge in [0.2, 0.25) is 5.91 Å². The molecule has 1 saturated heterocycles. The molecular weight excluding hydrogens is 255 g/mol. The van der Waals surface area contributed by atoms with Crippen LogP contribution in [-0.2, 0) is 4.79 Å². The Morgan fingerprint density at radius 3 is 2.60 bits per heavy atom. The Hall–Kier alpha value is -1.68. The van der Waals surface area contributed by atoms with Crippen LogP contribution in [0.1, 0.15) is 25.3 Å². The van der Waals surface area contributed by atoms with Gasteiger partial charge in [-0.25, -0.2) is 4.39 Å². The van der Waals surface area contributed by atoms with Crippen molar-refractivity contribution >= 4 is 12.0 Å². The average molecular weight is 276 g/mol. The molecule has 1 aliphatic rings. The number of halogens is 1. The molecule has 0 atom stereocenters. The maximum Gasteiger partial charge on any atom is 0.246 e. The molecule has 1 aromatic rings. The fourth-order valence-electron chi connectivity index (χ4n) is 2.55. The molecule has 1 fully saturated rings. The molecular formula is C16H21FN2O. The van der Waals surface area contributed by atoms with Crippen LogP contribution in [0, 0.1) is 5.82 Å². The lowest BCUT2D eigenvalue weighted by Crippen LogP contribution is -2.45. The van der Waals surface area contributed by atoms with Crippen LogP contribution in [0.2, 0.25) is 0 Å². The molecule has 108 valence electrons. The minimum atomic E-state index is -0.265. The van der Waals surface area contributed by atoms with E-state index in [1.165, 1.54) is 12.1 Å². The minimum absolute atomic E-state index is 0.0312. The third-order valence-electron chi connectivity index (χ3n) is 3.66. The van der Waals surface area contributed by atoms with E-state index in [4.69, 9.17) is 0 Å². The van der Waals surface area contributed by atoms with E-state index < -0.39 is 0 Å². The van der Waals surface area contributed by atoms with Crippen LogP contribution in [0.4, 0.5) is 4.39 Å². The number of likely N-dealkylation sites (N-methyl/N-ethyl adjacent to an activating group) is 1. The summed E-state index contributed by atoms with van der Waals surface area (Å²) in [5.74, 6) is -0.234. The number of hydrogen-bond donors (Lipinski definition) is 1. The molecule has 2 rings (SSSR count). The van der Waals surface area contributed by atoms with Crippen molar-refractivity contribution < 1.29 is 9.18 Å². The molecule has 20 heavy (non-hydrogen) atoms. The molecule has 1 aliphatic heterocycles. The first kappa shape index (κ1) is 14.7. The fourth-order valence-corrected chi connectivity index (χ4v) is 2.55. The normalized spacial score (nSPS) is 16.5. The summed E-state index contributed by atoms with van der Waals surface area (Å²) in [6.45, 7) is 4.66. The van der Waals surface area contributed by atoms with Gasteiger partial charge in [-0.2, -0.15) is 0 Å². The molecule has 1 N–H and O–H groups in total. The van der Waals surface area contributed by atoms with Gasteiger partial charge in [0, 0.05) is 18.7 Å². The van der Waals surface area contributed by atoms with Crippen LogP contribution in [0.15, 0.2) is 30.3 Å². The Labute approximate surface area is 119 Å². The van der Waals surface area contributed by atoms with E-state index in [1.807, 2.05) is 11.8 Å². The van der Waals surface area contributed by atoms with E-state index in [1.54, 1.807) is 24.3 Å². The summed E-state index contributed by atoms with van der Waals surface area (Å²) in [5.41, 5.74) is 0.834. The van der Waals surface area contributed by atoms with Gasteiger partial charge in [-0.05, 0) is 56.6 Å². The second-order valence-electron chi connectivity index (χ2n) is 4.99. The van der Waals surface area contributed by atoms with Gasteiger partial charge in [-0.3, -0.25) is 4.79 Å². The SMILES string of the molecule is CCN(C(=O)/C=C/c1ccc(F)cc1)C1CCNCC1. The highest BCUT2D eigenvalue weighted by Crippen LogP contribution is 2.13. The molecule has 1 heterocycles. The van der Waals surface area contributed by atoms with Crippen molar-refractivity contribution in [2.45, 2.75) is 25.8 Å². The van der Waals surface area contributed by atoms with Crippen LogP contribution in [0.25, 0.3) is 6.08 Å². The van der Waals surface area contributed by atoms with Gasteiger partial charge in [0.1, 0.15) is 5.82 Å². The largest absolute Gasteiger partial charge is 0.336 e. The molecule has 1 amide bonds. The second kappa shape index (κ2) is 7.20. The summed E-state index contributed by atoms with van der Waals surface area (Å²) >= 11 is 0. The molecule has 0 saturated carbocycles. The molecule has 0 aromatic heterocycles. The number of nitrogens with zero attached hydrogens (tertiary/aromatic N) is 1. The van der Waals surface area contributed by atoms with Crippen LogP contribution < -0.4 is 5.32 Å². The van der Waals surface area contributed by atoms with Gasteiger partial charge in [0.15, 0.2) is 0 Å². The van der Waals surface area contributed by atoms with E-state index in [0.29, 0.717) is 6.04 Å². The maximum atomic E-state index is 12.8. The molecule has 0 bridgehead atoms. The van der Waals surface area contributed by atoms with E-state index in [2.05, 4.69) is 5.32 Å². The van der Waals surface area contributed by atoms with E-state index in [0.717, 1.165) is 38.0 Å². The van der Waals surface area contributed by atoms with Gasteiger partial charge in [-0.15, -0.1) is 0 Å². The van der Waals surface area contributed by atoms with Crippen LogP contribution in [0.3, 0.4) is 0 Å². The lowest BCUT2D eigenvalue weighted by Gasteiger charge is -2.33. The zero-order valence-electron chi connectivity index (χ0n) is 11.8. The summed E-state index contributed by atoms with van der Waals surface area (Å²) in [7, 11) is 0. The number of benzene rings is 1. The quantitative estimate of drug-likeness (QED) is 0.857. The Bertz CT molecular complexity index is 464. The topological polar surface area (TPSA) is 32.3 Å². The zero-order valence-corrected chi connectivity index (χ0v) is 11.8. The third kappa shape index (κ3) is 3.90. The highest BCUT2D eigenvalue weighted by atomic mass is 19.1. The molecule has 3 nitrogen and oxygen atoms in total. The highest BCUT2D eigenvalue weighted by Gasteiger charge is 2.22. The maximum absolute atomic E-state index is 12.8. The summed E-state index contributed by atoms with van der Waals surface area (Å²) in [5, 5.41) is 3.30. The predicted molar refractivity (Wildman–Crippen MR) is 78.7 cm³/mol. The van der Waals surface area contributed by atoms with Crippen molar-refractivity contribution in [3.05, 3.63) is 41.7 Å². The minimum Gasteiger partial charge on any atom is -0.336 e. The predicted octanol–water partition coefficient (Wildman–Crippen LogP) is 2.44. The Kier molecular flexibility index (Phi) is 5.30. The molecule has 1 aromatic carbocycles. The first-order valence-electron chi connectivity index (χ1n) is 7.15. The Balaban J connectivity index is 1.99. The Morgan fingerprint density at radius 2 is 2.00 bits per heavy atom. The monoisotopic (exact) mass is 276 g/mol. The first-order chi connectivity index (χ1) is 9.70. The lowest BCUT2D eigenvalue weighted by molar-refractivity contribution is -0.128. The standard InChI is InChI=1S/C16H21FN2O/c1-2-19(15-9-11-18-12-10-15)16(20)8-5-13-3-6-14(17)7-4-13/h3-8,15,18H,2,9-12H2,1H3/b8-5+. The zero-order chi connectivity index (χ0) is 14.4. The first-order valence-corrected chi connectivity index (χ1v) is 7.15. The molecule has 0 spiro atoms. The van der Waals surface area contributed by atoms with E-state index in [9.17, 15) is 9.18 Å². The number of piperidine rings is 1. The van der Waals surface area contributed by atoms with E-state index in [-0.39, 0.29) is 11.7 Å². The molecule has 0 radical (unpaired) electrons. The smallest absolute Gasteiger partial charge is 0.246 e. The number of amides is 1. The van der Waals surface area contributed by atoms with Crippen LogP contribution in [-0.4, -0.2) is 36.5 Å². The summed E-state index contributed by atoms with van der Waals surface area (Å²) < 4.78 is 12.8. The van der Waals surface area contributed by atoms with Crippen molar-refractivity contribution in [2.24, 2.45) is 0 Å². The summed E-state index contributed by atoms with van der Waals surface area (Å²) in [4.78, 5) is 14.2. The van der Waals surface area contributed by atoms with Crippen molar-refractivity contribution in [1.29, 1.82) is 0 Å². The second-order valence-corrected chi connectivity index (χ2v) is 4.99. The van der Waals surface area contributed by atoms with Crippen molar-refractivity contribution in [1.82, 2.24) is 10.2 Å². The number of hydrogen-bond acceptors (Lipinski definition) is 2.